The van der Waals surface area contributed by atoms with Gasteiger partial charge < -0.3 is 10.3 Å². The number of hydrogen-bond donors (Lipinski definition) is 2. The van der Waals surface area contributed by atoms with Crippen LogP contribution in [-0.4, -0.2) is 10.9 Å². The second kappa shape index (κ2) is 7.39. The molecule has 1 amide bonds. The number of pyridine rings is 1. The summed E-state index contributed by atoms with van der Waals surface area (Å²) in [7, 11) is 0. The van der Waals surface area contributed by atoms with Crippen molar-refractivity contribution < 1.29 is 18.0 Å². The van der Waals surface area contributed by atoms with Gasteiger partial charge in [0.2, 0.25) is 5.91 Å². The average molecular weight is 400 g/mol. The van der Waals surface area contributed by atoms with E-state index in [1.165, 1.54) is 18.2 Å². The molecule has 0 aliphatic heterocycles. The maximum Gasteiger partial charge on any atom is 0.252 e. The van der Waals surface area contributed by atoms with Crippen molar-refractivity contribution >= 4 is 16.8 Å². The van der Waals surface area contributed by atoms with Crippen molar-refractivity contribution in [2.75, 3.05) is 0 Å². The highest BCUT2D eigenvalue weighted by molar-refractivity contribution is 5.89. The zero-order chi connectivity index (χ0) is 20.7. The SMILES string of the molecule is Cc1c(CC(=O)NCc2ccc(F)cc2F)c(=O)[nH]c2ccc(F)c(C3CC3)c12. The molecule has 0 bridgehead atoms. The Balaban J connectivity index is 1.61. The number of aromatic nitrogens is 1. The maximum atomic E-state index is 14.4. The Morgan fingerprint density at radius 3 is 2.59 bits per heavy atom. The van der Waals surface area contributed by atoms with Gasteiger partial charge in [0.1, 0.15) is 17.5 Å². The van der Waals surface area contributed by atoms with Crippen molar-refractivity contribution in [1.29, 1.82) is 0 Å². The van der Waals surface area contributed by atoms with Crippen LogP contribution in [0.5, 0.6) is 0 Å². The number of halogens is 3. The molecule has 1 fully saturated rings. The lowest BCUT2D eigenvalue weighted by Gasteiger charge is -2.13. The Bertz CT molecular complexity index is 1180. The zero-order valence-corrected chi connectivity index (χ0v) is 15.7. The number of carbonyl (C=O) groups excluding carboxylic acids is 1. The molecule has 0 unspecified atom stereocenters. The molecule has 0 atom stereocenters. The highest BCUT2D eigenvalue weighted by Gasteiger charge is 2.30. The molecular weight excluding hydrogens is 381 g/mol. The molecule has 0 radical (unpaired) electrons. The number of aryl methyl sites for hydroxylation is 1. The van der Waals surface area contributed by atoms with E-state index in [0.29, 0.717) is 22.0 Å². The molecule has 1 aliphatic carbocycles. The fourth-order valence-electron chi connectivity index (χ4n) is 3.69. The Morgan fingerprint density at radius 1 is 1.14 bits per heavy atom. The first-order chi connectivity index (χ1) is 13.8. The van der Waals surface area contributed by atoms with Crippen LogP contribution in [0.4, 0.5) is 13.2 Å². The number of H-pyrrole nitrogens is 1. The van der Waals surface area contributed by atoms with Gasteiger partial charge >= 0.3 is 0 Å². The van der Waals surface area contributed by atoms with Gasteiger partial charge in [-0.3, -0.25) is 9.59 Å². The zero-order valence-electron chi connectivity index (χ0n) is 15.7. The van der Waals surface area contributed by atoms with E-state index in [2.05, 4.69) is 10.3 Å². The summed E-state index contributed by atoms with van der Waals surface area (Å²) in [4.78, 5) is 27.6. The highest BCUT2D eigenvalue weighted by atomic mass is 19.1. The predicted molar refractivity (Wildman–Crippen MR) is 103 cm³/mol. The molecule has 29 heavy (non-hydrogen) atoms. The molecular formula is C22H19F3N2O2. The van der Waals surface area contributed by atoms with Crippen molar-refractivity contribution in [3.05, 3.63) is 80.4 Å². The Labute approximate surface area is 164 Å². The molecule has 0 saturated heterocycles. The van der Waals surface area contributed by atoms with Gasteiger partial charge in [-0.25, -0.2) is 13.2 Å². The molecule has 2 N–H and O–H groups in total. The van der Waals surface area contributed by atoms with Crippen molar-refractivity contribution in [1.82, 2.24) is 10.3 Å². The second-order valence-corrected chi connectivity index (χ2v) is 7.40. The number of amides is 1. The maximum absolute atomic E-state index is 14.4. The van der Waals surface area contributed by atoms with Gasteiger partial charge in [-0.05, 0) is 49.4 Å². The summed E-state index contributed by atoms with van der Waals surface area (Å²) in [5.41, 5.74) is 1.70. The van der Waals surface area contributed by atoms with Crippen LogP contribution >= 0.6 is 0 Å². The van der Waals surface area contributed by atoms with Crippen LogP contribution in [0.2, 0.25) is 0 Å². The summed E-state index contributed by atoms with van der Waals surface area (Å²) >= 11 is 0. The fraction of sp³-hybridized carbons (Fsp3) is 0.273. The molecule has 1 aromatic heterocycles. The van der Waals surface area contributed by atoms with Crippen LogP contribution in [0.15, 0.2) is 35.1 Å². The van der Waals surface area contributed by atoms with E-state index in [1.54, 1.807) is 6.92 Å². The van der Waals surface area contributed by atoms with Crippen LogP contribution in [0.25, 0.3) is 10.9 Å². The van der Waals surface area contributed by atoms with E-state index in [0.717, 1.165) is 25.0 Å². The molecule has 1 aliphatic rings. The predicted octanol–water partition coefficient (Wildman–Crippen LogP) is 3.99. The van der Waals surface area contributed by atoms with Crippen molar-refractivity contribution in [3.63, 3.8) is 0 Å². The van der Waals surface area contributed by atoms with Gasteiger partial charge in [-0.1, -0.05) is 6.07 Å². The minimum atomic E-state index is -0.755. The molecule has 150 valence electrons. The highest BCUT2D eigenvalue weighted by Crippen LogP contribution is 2.45. The van der Waals surface area contributed by atoms with Gasteiger partial charge in [0.15, 0.2) is 0 Å². The molecule has 3 aromatic rings. The number of rotatable bonds is 5. The third-order valence-electron chi connectivity index (χ3n) is 5.36. The summed E-state index contributed by atoms with van der Waals surface area (Å²) in [5.74, 6) is -2.11. The smallest absolute Gasteiger partial charge is 0.252 e. The van der Waals surface area contributed by atoms with Crippen LogP contribution in [-0.2, 0) is 17.8 Å². The number of carbonyl (C=O) groups is 1. The molecule has 1 heterocycles. The molecule has 4 nitrogen and oxygen atoms in total. The van der Waals surface area contributed by atoms with Crippen LogP contribution in [0, 0.1) is 24.4 Å². The van der Waals surface area contributed by atoms with Crippen molar-refractivity contribution in [2.45, 2.75) is 38.6 Å². The summed E-state index contributed by atoms with van der Waals surface area (Å²) in [6.07, 6.45) is 1.57. The van der Waals surface area contributed by atoms with Gasteiger partial charge in [0.05, 0.1) is 6.42 Å². The largest absolute Gasteiger partial charge is 0.352 e. The number of fused-ring (bicyclic) bond motifs is 1. The number of hydrogen-bond acceptors (Lipinski definition) is 2. The Hall–Kier alpha value is -3.09. The van der Waals surface area contributed by atoms with E-state index in [4.69, 9.17) is 0 Å². The van der Waals surface area contributed by atoms with Gasteiger partial charge in [-0.15, -0.1) is 0 Å². The molecule has 7 heteroatoms. The first kappa shape index (κ1) is 19.2. The van der Waals surface area contributed by atoms with E-state index in [9.17, 15) is 22.8 Å². The lowest BCUT2D eigenvalue weighted by molar-refractivity contribution is -0.120. The van der Waals surface area contributed by atoms with Crippen LogP contribution < -0.4 is 10.9 Å². The van der Waals surface area contributed by atoms with Crippen molar-refractivity contribution in [2.24, 2.45) is 0 Å². The number of benzene rings is 2. The number of aromatic amines is 1. The Kier molecular flexibility index (Phi) is 4.90. The lowest BCUT2D eigenvalue weighted by Crippen LogP contribution is -2.28. The van der Waals surface area contributed by atoms with E-state index in [-0.39, 0.29) is 35.8 Å². The summed E-state index contributed by atoms with van der Waals surface area (Å²) < 4.78 is 41.1. The van der Waals surface area contributed by atoms with Gasteiger partial charge in [0.25, 0.3) is 5.56 Å². The van der Waals surface area contributed by atoms with E-state index >= 15 is 0 Å². The van der Waals surface area contributed by atoms with Gasteiger partial charge in [-0.2, -0.15) is 0 Å². The monoisotopic (exact) mass is 400 g/mol. The minimum Gasteiger partial charge on any atom is -0.352 e. The normalized spacial score (nSPS) is 13.7. The standard InChI is InChI=1S/C22H19F3N2O2/c1-11-15(9-19(28)26-10-13-4-5-14(23)8-17(13)25)22(29)27-18-7-6-16(24)21(20(11)18)12-2-3-12/h4-8,12H,2-3,9-10H2,1H3,(H,26,28)(H,27,29). The topological polar surface area (TPSA) is 62.0 Å². The first-order valence-electron chi connectivity index (χ1n) is 9.39. The first-order valence-corrected chi connectivity index (χ1v) is 9.39. The molecule has 2 aromatic carbocycles. The fourth-order valence-corrected chi connectivity index (χ4v) is 3.69. The van der Waals surface area contributed by atoms with Gasteiger partial charge in [0, 0.05) is 40.2 Å². The quantitative estimate of drug-likeness (QED) is 0.680. The number of nitrogens with one attached hydrogen (secondary N) is 2. The van der Waals surface area contributed by atoms with E-state index in [1.807, 2.05) is 0 Å². The minimum absolute atomic E-state index is 0.128. The lowest BCUT2D eigenvalue weighted by atomic mass is 9.95. The average Bonchev–Trinajstić information content (AvgIpc) is 3.50. The Morgan fingerprint density at radius 2 is 1.90 bits per heavy atom. The summed E-state index contributed by atoms with van der Waals surface area (Å²) in [6.45, 7) is 1.59. The summed E-state index contributed by atoms with van der Waals surface area (Å²) in [5, 5.41) is 3.20. The summed E-state index contributed by atoms with van der Waals surface area (Å²) in [6, 6.07) is 6.00. The molecule has 0 spiro atoms. The van der Waals surface area contributed by atoms with E-state index < -0.39 is 23.1 Å². The second-order valence-electron chi connectivity index (χ2n) is 7.40. The molecule has 4 rings (SSSR count). The van der Waals surface area contributed by atoms with Crippen molar-refractivity contribution in [3.8, 4) is 0 Å². The molecule has 1 saturated carbocycles. The van der Waals surface area contributed by atoms with Crippen LogP contribution in [0.1, 0.15) is 41.0 Å². The van der Waals surface area contributed by atoms with Crippen LogP contribution in [0.3, 0.4) is 0 Å². The third-order valence-corrected chi connectivity index (χ3v) is 5.36. The third kappa shape index (κ3) is 3.77.